The number of aromatic nitrogens is 3. The Labute approximate surface area is 103 Å². The Morgan fingerprint density at radius 1 is 1.29 bits per heavy atom. The summed E-state index contributed by atoms with van der Waals surface area (Å²) in [6.07, 6.45) is 7.44. The first kappa shape index (κ1) is 12.6. The lowest BCUT2D eigenvalue weighted by Crippen LogP contribution is -2.14. The lowest BCUT2D eigenvalue weighted by molar-refractivity contribution is 0.429. The number of hydrogen-bond acceptors (Lipinski definition) is 3. The van der Waals surface area contributed by atoms with Crippen molar-refractivity contribution in [3.05, 3.63) is 11.6 Å². The van der Waals surface area contributed by atoms with Gasteiger partial charge < -0.3 is 5.73 Å². The molecule has 0 spiro atoms. The molecule has 4 heteroatoms. The number of rotatable bonds is 4. The summed E-state index contributed by atoms with van der Waals surface area (Å²) in [6.45, 7) is 4.35. The maximum Gasteiger partial charge on any atom is 0.167 e. The minimum Gasteiger partial charge on any atom is -0.321 e. The summed E-state index contributed by atoms with van der Waals surface area (Å²) in [6, 6.07) is -0.0245. The molecule has 1 aromatic heterocycles. The highest BCUT2D eigenvalue weighted by Crippen LogP contribution is 2.30. The molecule has 17 heavy (non-hydrogen) atoms. The molecular formula is C13H24N4. The number of nitrogens with zero attached hydrogens (tertiary/aromatic N) is 2. The van der Waals surface area contributed by atoms with Crippen molar-refractivity contribution in [2.75, 3.05) is 0 Å². The maximum atomic E-state index is 6.09. The molecule has 96 valence electrons. The van der Waals surface area contributed by atoms with E-state index < -0.39 is 0 Å². The fourth-order valence-electron chi connectivity index (χ4n) is 2.63. The van der Waals surface area contributed by atoms with Crippen molar-refractivity contribution in [3.63, 3.8) is 0 Å². The summed E-state index contributed by atoms with van der Waals surface area (Å²) in [4.78, 5) is 4.60. The van der Waals surface area contributed by atoms with Crippen LogP contribution in [0.5, 0.6) is 0 Å². The molecule has 4 nitrogen and oxygen atoms in total. The number of nitrogens with one attached hydrogen (secondary N) is 1. The number of H-pyrrole nitrogens is 1. The van der Waals surface area contributed by atoms with E-state index in [9.17, 15) is 0 Å². The first-order valence-corrected chi connectivity index (χ1v) is 6.84. The van der Waals surface area contributed by atoms with Crippen molar-refractivity contribution < 1.29 is 0 Å². The van der Waals surface area contributed by atoms with Gasteiger partial charge in [0.2, 0.25) is 0 Å². The van der Waals surface area contributed by atoms with E-state index in [0.29, 0.717) is 11.8 Å². The highest BCUT2D eigenvalue weighted by molar-refractivity contribution is 5.02. The number of aromatic amines is 1. The molecule has 1 saturated carbocycles. The highest BCUT2D eigenvalue weighted by atomic mass is 15.2. The zero-order valence-corrected chi connectivity index (χ0v) is 10.9. The summed E-state index contributed by atoms with van der Waals surface area (Å²) >= 11 is 0. The van der Waals surface area contributed by atoms with Gasteiger partial charge in [0.05, 0.1) is 6.04 Å². The Morgan fingerprint density at radius 3 is 2.65 bits per heavy atom. The van der Waals surface area contributed by atoms with E-state index in [1.54, 1.807) is 0 Å². The largest absolute Gasteiger partial charge is 0.321 e. The van der Waals surface area contributed by atoms with Crippen molar-refractivity contribution in [2.45, 2.75) is 64.3 Å². The van der Waals surface area contributed by atoms with Gasteiger partial charge in [-0.1, -0.05) is 33.1 Å². The van der Waals surface area contributed by atoms with Crippen LogP contribution in [0.4, 0.5) is 0 Å². The molecule has 1 heterocycles. The molecule has 1 fully saturated rings. The molecule has 0 saturated heterocycles. The van der Waals surface area contributed by atoms with E-state index in [1.807, 2.05) is 0 Å². The summed E-state index contributed by atoms with van der Waals surface area (Å²) in [5.74, 6) is 3.01. The molecular weight excluding hydrogens is 212 g/mol. The van der Waals surface area contributed by atoms with Crippen LogP contribution in [0.2, 0.25) is 0 Å². The average Bonchev–Trinajstić information content (AvgIpc) is 2.78. The highest BCUT2D eigenvalue weighted by Gasteiger charge is 2.21. The zero-order valence-electron chi connectivity index (χ0n) is 10.9. The first-order chi connectivity index (χ1) is 8.16. The Hall–Kier alpha value is -0.900. The molecule has 0 aromatic carbocycles. The van der Waals surface area contributed by atoms with Gasteiger partial charge in [-0.3, -0.25) is 5.10 Å². The van der Waals surface area contributed by atoms with E-state index in [2.05, 4.69) is 29.0 Å². The van der Waals surface area contributed by atoms with Crippen molar-refractivity contribution >= 4 is 0 Å². The summed E-state index contributed by atoms with van der Waals surface area (Å²) in [5.41, 5.74) is 6.09. The second-order valence-corrected chi connectivity index (χ2v) is 5.65. The molecule has 3 N–H and O–H groups in total. The fraction of sp³-hybridized carbons (Fsp3) is 0.846. The van der Waals surface area contributed by atoms with Gasteiger partial charge in [-0.25, -0.2) is 4.98 Å². The van der Waals surface area contributed by atoms with Gasteiger partial charge in [-0.05, 0) is 25.2 Å². The van der Waals surface area contributed by atoms with Gasteiger partial charge in [-0.2, -0.15) is 5.10 Å². The predicted octanol–water partition coefficient (Wildman–Crippen LogP) is 2.90. The molecule has 2 rings (SSSR count). The molecule has 1 aromatic rings. The van der Waals surface area contributed by atoms with Gasteiger partial charge >= 0.3 is 0 Å². The molecule has 1 aliphatic rings. The lowest BCUT2D eigenvalue weighted by atomic mass is 9.89. The minimum atomic E-state index is -0.0245. The summed E-state index contributed by atoms with van der Waals surface area (Å²) in [5, 5.41) is 7.37. The van der Waals surface area contributed by atoms with Gasteiger partial charge in [0.1, 0.15) is 5.82 Å². The van der Waals surface area contributed by atoms with Gasteiger partial charge in [0.15, 0.2) is 5.82 Å². The van der Waals surface area contributed by atoms with Crippen molar-refractivity contribution in [2.24, 2.45) is 11.7 Å². The summed E-state index contributed by atoms with van der Waals surface area (Å²) < 4.78 is 0. The van der Waals surface area contributed by atoms with Crippen molar-refractivity contribution in [1.29, 1.82) is 0 Å². The topological polar surface area (TPSA) is 67.6 Å². The third-order valence-corrected chi connectivity index (χ3v) is 3.57. The third kappa shape index (κ3) is 3.28. The van der Waals surface area contributed by atoms with E-state index in [0.717, 1.165) is 18.1 Å². The van der Waals surface area contributed by atoms with E-state index >= 15 is 0 Å². The van der Waals surface area contributed by atoms with Crippen molar-refractivity contribution in [1.82, 2.24) is 15.2 Å². The fourth-order valence-corrected chi connectivity index (χ4v) is 2.63. The summed E-state index contributed by atoms with van der Waals surface area (Å²) in [7, 11) is 0. The Kier molecular flexibility index (Phi) is 4.15. The second kappa shape index (κ2) is 5.63. The molecule has 0 aliphatic heterocycles. The van der Waals surface area contributed by atoms with Crippen molar-refractivity contribution in [3.8, 4) is 0 Å². The van der Waals surface area contributed by atoms with E-state index in [-0.39, 0.29) is 6.04 Å². The quantitative estimate of drug-likeness (QED) is 0.844. The monoisotopic (exact) mass is 236 g/mol. The van der Waals surface area contributed by atoms with Crippen LogP contribution in [0.1, 0.15) is 76.0 Å². The van der Waals surface area contributed by atoms with Crippen LogP contribution in [0.25, 0.3) is 0 Å². The van der Waals surface area contributed by atoms with Crippen LogP contribution >= 0.6 is 0 Å². The number of nitrogens with two attached hydrogens (primary N) is 1. The molecule has 0 bridgehead atoms. The Balaban J connectivity index is 1.99. The molecule has 0 unspecified atom stereocenters. The second-order valence-electron chi connectivity index (χ2n) is 5.65. The van der Waals surface area contributed by atoms with Crippen LogP contribution in [0.15, 0.2) is 0 Å². The normalized spacial score (nSPS) is 19.8. The molecule has 1 atom stereocenters. The zero-order chi connectivity index (χ0) is 12.3. The van der Waals surface area contributed by atoms with Gasteiger partial charge in [-0.15, -0.1) is 0 Å². The third-order valence-electron chi connectivity index (χ3n) is 3.57. The molecule has 0 amide bonds. The average molecular weight is 236 g/mol. The Bertz CT molecular complexity index is 339. The van der Waals surface area contributed by atoms with Crippen LogP contribution in [0, 0.1) is 5.92 Å². The van der Waals surface area contributed by atoms with E-state index in [4.69, 9.17) is 5.73 Å². The standard InChI is InChI=1S/C13H24N4/c1-9(2)8-11(14)13-15-12(16-17-13)10-6-4-3-5-7-10/h9-11H,3-8,14H2,1-2H3,(H,15,16,17)/t11-/m0/s1. The predicted molar refractivity (Wildman–Crippen MR) is 68.6 cm³/mol. The molecule has 1 aliphatic carbocycles. The van der Waals surface area contributed by atoms with Crippen LogP contribution in [-0.2, 0) is 0 Å². The molecule has 0 radical (unpaired) electrons. The van der Waals surface area contributed by atoms with Crippen LogP contribution < -0.4 is 5.73 Å². The SMILES string of the molecule is CC(C)C[C@H](N)c1n[nH]c(C2CCCCC2)n1. The maximum absolute atomic E-state index is 6.09. The Morgan fingerprint density at radius 2 is 2.00 bits per heavy atom. The van der Waals surface area contributed by atoms with Crippen LogP contribution in [-0.4, -0.2) is 15.2 Å². The first-order valence-electron chi connectivity index (χ1n) is 6.84. The van der Waals surface area contributed by atoms with Gasteiger partial charge in [0, 0.05) is 5.92 Å². The minimum absolute atomic E-state index is 0.0245. The number of hydrogen-bond donors (Lipinski definition) is 2. The van der Waals surface area contributed by atoms with Crippen LogP contribution in [0.3, 0.4) is 0 Å². The van der Waals surface area contributed by atoms with E-state index in [1.165, 1.54) is 32.1 Å². The van der Waals surface area contributed by atoms with Gasteiger partial charge in [0.25, 0.3) is 0 Å². The lowest BCUT2D eigenvalue weighted by Gasteiger charge is -2.18. The smallest absolute Gasteiger partial charge is 0.167 e.